The molecule has 0 bridgehead atoms. The Morgan fingerprint density at radius 3 is 2.46 bits per heavy atom. The normalized spacial score (nSPS) is 21.5. The molecule has 186 valence electrons. The van der Waals surface area contributed by atoms with Crippen molar-refractivity contribution >= 4 is 28.1 Å². The number of para-hydroxylation sites is 2. The molecule has 3 aromatic carbocycles. The van der Waals surface area contributed by atoms with Crippen molar-refractivity contribution in [1.29, 1.82) is 0 Å². The Hall–Kier alpha value is -3.76. The number of aryl methyl sites for hydroxylation is 2. The Morgan fingerprint density at radius 1 is 0.973 bits per heavy atom. The van der Waals surface area contributed by atoms with E-state index in [0.717, 1.165) is 41.6 Å². The molecular weight excluding hydrogens is 456 g/mol. The third-order valence-electron chi connectivity index (χ3n) is 8.25. The zero-order valence-corrected chi connectivity index (χ0v) is 21.7. The molecule has 4 aromatic rings. The predicted octanol–water partition coefficient (Wildman–Crippen LogP) is 5.84. The summed E-state index contributed by atoms with van der Waals surface area (Å²) in [5, 5.41) is 12.3. The second-order valence-electron chi connectivity index (χ2n) is 10.9. The van der Waals surface area contributed by atoms with Crippen LogP contribution >= 0.6 is 0 Å². The maximum absolute atomic E-state index is 13.5. The van der Waals surface area contributed by atoms with Gasteiger partial charge in [-0.2, -0.15) is 4.58 Å². The number of hydrogen-bond acceptors (Lipinski definition) is 2. The van der Waals surface area contributed by atoms with Crippen molar-refractivity contribution in [1.82, 2.24) is 4.57 Å². The fourth-order valence-electron chi connectivity index (χ4n) is 6.22. The number of ketones is 1. The largest absolute Gasteiger partial charge is 0.387 e. The Morgan fingerprint density at radius 2 is 1.68 bits per heavy atom. The highest BCUT2D eigenvalue weighted by atomic mass is 16.3. The summed E-state index contributed by atoms with van der Waals surface area (Å²) in [4.78, 5) is 13.5. The van der Waals surface area contributed by atoms with Crippen LogP contribution in [0, 0.1) is 0 Å². The molecule has 6 rings (SSSR count). The van der Waals surface area contributed by atoms with Gasteiger partial charge in [0.2, 0.25) is 5.69 Å². The number of benzene rings is 3. The van der Waals surface area contributed by atoms with Crippen LogP contribution in [0.25, 0.3) is 10.9 Å². The summed E-state index contributed by atoms with van der Waals surface area (Å²) in [6.45, 7) is 5.28. The lowest BCUT2D eigenvalue weighted by molar-refractivity contribution is -0.438. The minimum atomic E-state index is -0.809. The quantitative estimate of drug-likeness (QED) is 0.273. The molecule has 1 aliphatic carbocycles. The second-order valence-corrected chi connectivity index (χ2v) is 10.9. The topological polar surface area (TPSA) is 45.2 Å². The Bertz CT molecular complexity index is 1570. The molecule has 1 aromatic heterocycles. The van der Waals surface area contributed by atoms with Gasteiger partial charge >= 0.3 is 0 Å². The number of fused-ring (bicyclic) bond motifs is 2. The molecule has 0 amide bonds. The number of carbonyl (C=O) groups is 1. The van der Waals surface area contributed by atoms with Crippen molar-refractivity contribution < 1.29 is 14.5 Å². The molecule has 0 radical (unpaired) electrons. The number of allylic oxidation sites excluding steroid dienone is 1. The zero-order chi connectivity index (χ0) is 25.7. The molecule has 2 atom stereocenters. The van der Waals surface area contributed by atoms with E-state index < -0.39 is 12.0 Å². The standard InChI is InChI=1S/C33H33N2O2/c1-33(2)26-16-8-10-18-28(26)35(19-11-14-22-12-5-4-6-13-22)29(33)20-24-31(36)30(32(24)37)25-21-34(3)27-17-9-7-15-23(25)27/h4-10,12-13,15-18,20-21,30-31,36H,11,14,19H2,1-3H3/q+1. The molecule has 4 heteroatoms. The summed E-state index contributed by atoms with van der Waals surface area (Å²) in [6, 6.07) is 27.1. The number of Topliss-reactive ketones (excluding diaryl/α,β-unsaturated/α-hetero) is 1. The first-order valence-corrected chi connectivity index (χ1v) is 13.1. The number of nitrogens with zero attached hydrogens (tertiary/aromatic N) is 2. The van der Waals surface area contributed by atoms with Crippen molar-refractivity contribution in [3.63, 3.8) is 0 Å². The van der Waals surface area contributed by atoms with Gasteiger partial charge in [0.05, 0.1) is 17.4 Å². The number of aromatic nitrogens is 1. The number of carbonyl (C=O) groups excluding carboxylic acids is 1. The molecule has 2 heterocycles. The van der Waals surface area contributed by atoms with E-state index in [4.69, 9.17) is 0 Å². The smallest absolute Gasteiger partial charge is 0.209 e. The fourth-order valence-corrected chi connectivity index (χ4v) is 6.22. The van der Waals surface area contributed by atoms with Gasteiger partial charge in [-0.3, -0.25) is 4.79 Å². The predicted molar refractivity (Wildman–Crippen MR) is 149 cm³/mol. The van der Waals surface area contributed by atoms with E-state index in [2.05, 4.69) is 67.0 Å². The molecule has 4 nitrogen and oxygen atoms in total. The molecule has 1 fully saturated rings. The summed E-state index contributed by atoms with van der Waals surface area (Å²) in [7, 11) is 1.99. The molecule has 1 saturated carbocycles. The average molecular weight is 490 g/mol. The van der Waals surface area contributed by atoms with Gasteiger partial charge in [-0.25, -0.2) is 0 Å². The first kappa shape index (κ1) is 23.6. The lowest BCUT2D eigenvalue weighted by atomic mass is 9.69. The van der Waals surface area contributed by atoms with E-state index in [1.54, 1.807) is 0 Å². The summed E-state index contributed by atoms with van der Waals surface area (Å²) >= 11 is 0. The van der Waals surface area contributed by atoms with Crippen LogP contribution in [-0.2, 0) is 23.7 Å². The summed E-state index contributed by atoms with van der Waals surface area (Å²) < 4.78 is 4.39. The molecule has 0 spiro atoms. The van der Waals surface area contributed by atoms with Crippen molar-refractivity contribution in [2.45, 2.75) is 44.1 Å². The van der Waals surface area contributed by atoms with Gasteiger partial charge in [-0.05, 0) is 37.5 Å². The van der Waals surface area contributed by atoms with Crippen LogP contribution in [-0.4, -0.2) is 38.4 Å². The minimum Gasteiger partial charge on any atom is -0.387 e. The lowest BCUT2D eigenvalue weighted by Crippen LogP contribution is -2.44. The molecule has 0 saturated heterocycles. The maximum Gasteiger partial charge on any atom is 0.209 e. The van der Waals surface area contributed by atoms with Crippen LogP contribution in [0.5, 0.6) is 0 Å². The van der Waals surface area contributed by atoms with Crippen LogP contribution in [0.15, 0.2) is 96.7 Å². The van der Waals surface area contributed by atoms with Crippen molar-refractivity contribution in [2.75, 3.05) is 6.54 Å². The van der Waals surface area contributed by atoms with Gasteiger partial charge in [0, 0.05) is 53.8 Å². The van der Waals surface area contributed by atoms with Crippen molar-refractivity contribution in [3.05, 3.63) is 113 Å². The first-order valence-electron chi connectivity index (χ1n) is 13.1. The highest BCUT2D eigenvalue weighted by molar-refractivity contribution is 6.16. The fraction of sp³-hybridized carbons (Fsp3) is 0.273. The monoisotopic (exact) mass is 489 g/mol. The number of aliphatic hydroxyl groups is 1. The van der Waals surface area contributed by atoms with E-state index in [1.165, 1.54) is 16.8 Å². The summed E-state index contributed by atoms with van der Waals surface area (Å²) in [6.07, 6.45) is 5.16. The van der Waals surface area contributed by atoms with Crippen LogP contribution in [0.2, 0.25) is 0 Å². The first-order chi connectivity index (χ1) is 17.9. The Balaban J connectivity index is 1.35. The van der Waals surface area contributed by atoms with Gasteiger partial charge in [-0.1, -0.05) is 66.7 Å². The third-order valence-corrected chi connectivity index (χ3v) is 8.25. The molecule has 1 N–H and O–H groups in total. The van der Waals surface area contributed by atoms with E-state index in [1.807, 2.05) is 54.2 Å². The van der Waals surface area contributed by atoms with Crippen LogP contribution in [0.4, 0.5) is 5.69 Å². The van der Waals surface area contributed by atoms with Gasteiger partial charge in [0.15, 0.2) is 11.5 Å². The number of aliphatic hydroxyl groups excluding tert-OH is 1. The molecule has 1 aliphatic heterocycles. The Labute approximate surface area is 218 Å². The SMILES string of the molecule is Cn1cc(C2C(=O)C(=CC3=[N+](CCCc4ccccc4)c4ccccc4C3(C)C)C2O)c2ccccc21. The van der Waals surface area contributed by atoms with Crippen molar-refractivity contribution in [2.24, 2.45) is 7.05 Å². The maximum atomic E-state index is 13.5. The minimum absolute atomic E-state index is 0.0207. The van der Waals surface area contributed by atoms with Crippen LogP contribution in [0.3, 0.4) is 0 Å². The molecule has 2 unspecified atom stereocenters. The molecule has 37 heavy (non-hydrogen) atoms. The van der Waals surface area contributed by atoms with Gasteiger partial charge in [-0.15, -0.1) is 0 Å². The average Bonchev–Trinajstić information content (AvgIpc) is 3.34. The Kier molecular flexibility index (Phi) is 5.73. The van der Waals surface area contributed by atoms with E-state index in [9.17, 15) is 9.90 Å². The second kappa shape index (κ2) is 8.97. The summed E-state index contributed by atoms with van der Waals surface area (Å²) in [5.41, 5.74) is 7.10. The van der Waals surface area contributed by atoms with Crippen LogP contribution < -0.4 is 0 Å². The van der Waals surface area contributed by atoms with E-state index in [0.29, 0.717) is 5.57 Å². The van der Waals surface area contributed by atoms with Crippen LogP contribution in [0.1, 0.15) is 42.9 Å². The van der Waals surface area contributed by atoms with E-state index in [-0.39, 0.29) is 11.2 Å². The lowest BCUT2D eigenvalue weighted by Gasteiger charge is -2.34. The highest BCUT2D eigenvalue weighted by Crippen LogP contribution is 2.44. The van der Waals surface area contributed by atoms with Gasteiger partial charge in [0.25, 0.3) is 0 Å². The third kappa shape index (κ3) is 3.79. The number of rotatable bonds is 6. The zero-order valence-electron chi connectivity index (χ0n) is 21.7. The van der Waals surface area contributed by atoms with Gasteiger partial charge in [0.1, 0.15) is 6.54 Å². The molecular formula is C33H33N2O2+. The molecule has 2 aliphatic rings. The van der Waals surface area contributed by atoms with Crippen molar-refractivity contribution in [3.8, 4) is 0 Å². The summed E-state index contributed by atoms with van der Waals surface area (Å²) in [5.74, 6) is -0.497. The van der Waals surface area contributed by atoms with Gasteiger partial charge < -0.3 is 9.67 Å². The number of hydrogen-bond donors (Lipinski definition) is 1. The highest BCUT2D eigenvalue weighted by Gasteiger charge is 2.50. The van der Waals surface area contributed by atoms with E-state index >= 15 is 0 Å².